The van der Waals surface area contributed by atoms with Crippen LogP contribution in [0.25, 0.3) is 0 Å². The van der Waals surface area contributed by atoms with Gasteiger partial charge in [-0.1, -0.05) is 13.8 Å². The maximum absolute atomic E-state index is 12.9. The summed E-state index contributed by atoms with van der Waals surface area (Å²) in [6.07, 6.45) is 3.49. The molecule has 2 aliphatic carbocycles. The van der Waals surface area contributed by atoms with E-state index in [1.165, 1.54) is 24.6 Å². The van der Waals surface area contributed by atoms with Gasteiger partial charge < -0.3 is 20.3 Å². The third kappa shape index (κ3) is 2.19. The highest BCUT2D eigenvalue weighted by atomic mass is 16.5. The Labute approximate surface area is 174 Å². The molecule has 1 heterocycles. The maximum Gasteiger partial charge on any atom is 0.339 e. The van der Waals surface area contributed by atoms with Crippen molar-refractivity contribution in [2.24, 2.45) is 11.3 Å². The fourth-order valence-corrected chi connectivity index (χ4v) is 6.32. The van der Waals surface area contributed by atoms with Gasteiger partial charge in [0.1, 0.15) is 22.7 Å². The first kappa shape index (κ1) is 19.0. The van der Waals surface area contributed by atoms with Crippen LogP contribution in [0.3, 0.4) is 0 Å². The van der Waals surface area contributed by atoms with E-state index in [2.05, 4.69) is 26.1 Å². The van der Waals surface area contributed by atoms with Crippen molar-refractivity contribution in [1.82, 2.24) is 0 Å². The number of anilines is 1. The van der Waals surface area contributed by atoms with E-state index in [9.17, 15) is 14.7 Å². The number of carbonyl (C=O) groups is 2. The lowest BCUT2D eigenvalue weighted by Crippen LogP contribution is -2.54. The van der Waals surface area contributed by atoms with E-state index in [-0.39, 0.29) is 33.7 Å². The van der Waals surface area contributed by atoms with Gasteiger partial charge >= 0.3 is 5.97 Å². The number of benzene rings is 2. The third-order valence-electron chi connectivity index (χ3n) is 8.31. The van der Waals surface area contributed by atoms with E-state index < -0.39 is 5.97 Å². The highest BCUT2D eigenvalue weighted by Crippen LogP contribution is 2.73. The number of aromatic carboxylic acids is 1. The Bertz CT molecular complexity index is 1110. The van der Waals surface area contributed by atoms with Gasteiger partial charge in [-0.15, -0.1) is 0 Å². The standard InChI is InChI=1S/C24H25NO5/c1-22-9-8-14(12-22)24(3)23(22,2)17-10-13(4-7-19(17)30-24)20(27)25-15-5-6-16(21(28)29)18(26)11-15/h4-7,10-11,14,26H,8-9,12H2,1-3H3,(H,25,27)(H,28,29). The van der Waals surface area contributed by atoms with Crippen LogP contribution in [0.5, 0.6) is 11.5 Å². The molecule has 0 radical (unpaired) electrons. The molecule has 3 aliphatic rings. The molecule has 2 aromatic rings. The van der Waals surface area contributed by atoms with Crippen LogP contribution >= 0.6 is 0 Å². The van der Waals surface area contributed by atoms with Crippen molar-refractivity contribution in [3.63, 3.8) is 0 Å². The Kier molecular flexibility index (Phi) is 3.65. The third-order valence-corrected chi connectivity index (χ3v) is 8.31. The minimum atomic E-state index is -1.22. The quantitative estimate of drug-likeness (QED) is 0.693. The molecule has 5 rings (SSSR count). The van der Waals surface area contributed by atoms with Crippen LogP contribution < -0.4 is 10.1 Å². The predicted octanol–water partition coefficient (Wildman–Crippen LogP) is 4.57. The van der Waals surface area contributed by atoms with Gasteiger partial charge in [0, 0.05) is 28.3 Å². The Balaban J connectivity index is 1.47. The summed E-state index contributed by atoms with van der Waals surface area (Å²) in [5.74, 6) is -0.544. The van der Waals surface area contributed by atoms with Gasteiger partial charge in [0.2, 0.25) is 0 Å². The summed E-state index contributed by atoms with van der Waals surface area (Å²) in [5.41, 5.74) is 1.46. The van der Waals surface area contributed by atoms with E-state index in [0.717, 1.165) is 24.2 Å². The molecule has 4 atom stereocenters. The molecule has 1 amide bonds. The number of carbonyl (C=O) groups excluding carboxylic acids is 1. The van der Waals surface area contributed by atoms with Crippen LogP contribution in [-0.2, 0) is 5.41 Å². The van der Waals surface area contributed by atoms with Crippen LogP contribution in [0.1, 0.15) is 66.3 Å². The summed E-state index contributed by atoms with van der Waals surface area (Å²) in [6.45, 7) is 6.84. The number of aromatic hydroxyl groups is 1. The summed E-state index contributed by atoms with van der Waals surface area (Å²) in [4.78, 5) is 24.0. The summed E-state index contributed by atoms with van der Waals surface area (Å²) in [5, 5.41) is 21.7. The number of nitrogens with one attached hydrogen (secondary N) is 1. The SMILES string of the molecule is CC12CCC(C1)C1(C)Oc3ccc(C(=O)Nc4ccc(C(=O)O)c(O)c4)cc3C21C. The van der Waals surface area contributed by atoms with Crippen molar-refractivity contribution in [2.75, 3.05) is 5.32 Å². The second-order valence-electron chi connectivity index (χ2n) is 9.54. The molecule has 0 saturated heterocycles. The molecule has 156 valence electrons. The van der Waals surface area contributed by atoms with Crippen LogP contribution in [0.15, 0.2) is 36.4 Å². The zero-order valence-electron chi connectivity index (χ0n) is 17.3. The second kappa shape index (κ2) is 5.78. The summed E-state index contributed by atoms with van der Waals surface area (Å²) >= 11 is 0. The smallest absolute Gasteiger partial charge is 0.339 e. The van der Waals surface area contributed by atoms with Crippen molar-refractivity contribution in [3.05, 3.63) is 53.1 Å². The number of fused-ring (bicyclic) bond motifs is 7. The van der Waals surface area contributed by atoms with Gasteiger partial charge in [-0.3, -0.25) is 4.79 Å². The second-order valence-corrected chi connectivity index (χ2v) is 9.54. The molecule has 3 N–H and O–H groups in total. The topological polar surface area (TPSA) is 95.9 Å². The number of phenols is 1. The van der Waals surface area contributed by atoms with Crippen LogP contribution in [0, 0.1) is 11.3 Å². The van der Waals surface area contributed by atoms with Crippen molar-refractivity contribution >= 4 is 17.6 Å². The molecular weight excluding hydrogens is 382 g/mol. The highest BCUT2D eigenvalue weighted by molar-refractivity contribution is 6.05. The molecule has 6 heteroatoms. The molecule has 2 bridgehead atoms. The van der Waals surface area contributed by atoms with Gasteiger partial charge in [-0.05, 0) is 67.9 Å². The van der Waals surface area contributed by atoms with Crippen molar-refractivity contribution in [1.29, 1.82) is 0 Å². The normalized spacial score (nSPS) is 33.0. The monoisotopic (exact) mass is 407 g/mol. The summed E-state index contributed by atoms with van der Waals surface area (Å²) in [6, 6.07) is 9.55. The lowest BCUT2D eigenvalue weighted by atomic mass is 9.56. The van der Waals surface area contributed by atoms with Crippen LogP contribution in [0.4, 0.5) is 5.69 Å². The largest absolute Gasteiger partial charge is 0.507 e. The van der Waals surface area contributed by atoms with Crippen molar-refractivity contribution in [3.8, 4) is 11.5 Å². The molecule has 2 aromatic carbocycles. The Morgan fingerprint density at radius 1 is 1.13 bits per heavy atom. The molecule has 4 unspecified atom stereocenters. The number of hydrogen-bond donors (Lipinski definition) is 3. The minimum absolute atomic E-state index is 0.144. The Hall–Kier alpha value is -3.02. The highest BCUT2D eigenvalue weighted by Gasteiger charge is 2.73. The maximum atomic E-state index is 12.9. The minimum Gasteiger partial charge on any atom is -0.507 e. The number of amides is 1. The zero-order chi connectivity index (χ0) is 21.5. The summed E-state index contributed by atoms with van der Waals surface area (Å²) in [7, 11) is 0. The first-order valence-corrected chi connectivity index (χ1v) is 10.3. The summed E-state index contributed by atoms with van der Waals surface area (Å²) < 4.78 is 6.50. The van der Waals surface area contributed by atoms with Crippen LogP contribution in [0.2, 0.25) is 0 Å². The molecule has 2 saturated carbocycles. The van der Waals surface area contributed by atoms with E-state index in [0.29, 0.717) is 17.2 Å². The van der Waals surface area contributed by atoms with Gasteiger partial charge in [-0.2, -0.15) is 0 Å². The number of rotatable bonds is 3. The van der Waals surface area contributed by atoms with E-state index in [1.807, 2.05) is 12.1 Å². The number of carboxylic acid groups (broad SMARTS) is 1. The lowest BCUT2D eigenvalue weighted by molar-refractivity contribution is -0.0260. The predicted molar refractivity (Wildman–Crippen MR) is 111 cm³/mol. The fourth-order valence-electron chi connectivity index (χ4n) is 6.32. The zero-order valence-corrected chi connectivity index (χ0v) is 17.3. The van der Waals surface area contributed by atoms with Crippen molar-refractivity contribution < 1.29 is 24.5 Å². The molecule has 2 fully saturated rings. The lowest BCUT2D eigenvalue weighted by Gasteiger charge is -2.48. The molecule has 6 nitrogen and oxygen atoms in total. The van der Waals surface area contributed by atoms with E-state index in [4.69, 9.17) is 9.84 Å². The molecule has 1 aliphatic heterocycles. The number of hydrogen-bond acceptors (Lipinski definition) is 4. The average Bonchev–Trinajstić information content (AvgIpc) is 3.25. The molecule has 0 spiro atoms. The van der Waals surface area contributed by atoms with E-state index >= 15 is 0 Å². The fraction of sp³-hybridized carbons (Fsp3) is 0.417. The number of carboxylic acids is 1. The molecule has 0 aromatic heterocycles. The average molecular weight is 407 g/mol. The van der Waals surface area contributed by atoms with Gasteiger partial charge in [0.05, 0.1) is 0 Å². The van der Waals surface area contributed by atoms with Gasteiger partial charge in [0.15, 0.2) is 0 Å². The van der Waals surface area contributed by atoms with Crippen LogP contribution in [-0.4, -0.2) is 27.7 Å². The Morgan fingerprint density at radius 3 is 2.60 bits per heavy atom. The first-order valence-electron chi connectivity index (χ1n) is 10.3. The number of ether oxygens (including phenoxy) is 1. The van der Waals surface area contributed by atoms with E-state index in [1.54, 1.807) is 6.07 Å². The molecule has 30 heavy (non-hydrogen) atoms. The molecular formula is C24H25NO5. The van der Waals surface area contributed by atoms with Gasteiger partial charge in [0.25, 0.3) is 5.91 Å². The van der Waals surface area contributed by atoms with Gasteiger partial charge in [-0.25, -0.2) is 4.79 Å². The Morgan fingerprint density at radius 2 is 1.90 bits per heavy atom. The first-order chi connectivity index (χ1) is 14.1. The van der Waals surface area contributed by atoms with Crippen molar-refractivity contribution in [2.45, 2.75) is 51.0 Å².